The van der Waals surface area contributed by atoms with Crippen molar-refractivity contribution in [3.63, 3.8) is 0 Å². The van der Waals surface area contributed by atoms with Crippen LogP contribution in [0, 0.1) is 18.8 Å². The van der Waals surface area contributed by atoms with E-state index in [1.807, 2.05) is 31.2 Å². The fourth-order valence-corrected chi connectivity index (χ4v) is 2.36. The van der Waals surface area contributed by atoms with Gasteiger partial charge in [0.25, 0.3) is 0 Å². The lowest BCUT2D eigenvalue weighted by Gasteiger charge is -2.41. The number of ether oxygens (including phenoxy) is 1. The zero-order valence-electron chi connectivity index (χ0n) is 12.4. The number of aryl methyl sites for hydroxylation is 1. The van der Waals surface area contributed by atoms with Crippen LogP contribution in [0.2, 0.25) is 0 Å². The second-order valence-corrected chi connectivity index (χ2v) is 5.55. The van der Waals surface area contributed by atoms with Gasteiger partial charge < -0.3 is 14.7 Å². The number of amides is 1. The van der Waals surface area contributed by atoms with Gasteiger partial charge in [0.05, 0.1) is 18.9 Å². The van der Waals surface area contributed by atoms with Crippen LogP contribution in [0.1, 0.15) is 18.9 Å². The maximum Gasteiger partial charge on any atom is 0.306 e. The lowest BCUT2D eigenvalue weighted by molar-refractivity contribution is -0.150. The third-order valence-electron chi connectivity index (χ3n) is 4.03. The molecule has 0 saturated carbocycles. The summed E-state index contributed by atoms with van der Waals surface area (Å²) in [6, 6.07) is 7.69. The van der Waals surface area contributed by atoms with Crippen molar-refractivity contribution in [2.75, 3.05) is 19.7 Å². The van der Waals surface area contributed by atoms with Gasteiger partial charge in [-0.05, 0) is 18.6 Å². The SMILES string of the molecule is Cc1ccccc1OCCC(=O)N1CC(C(C)C(=O)O)C1. The Labute approximate surface area is 124 Å². The van der Waals surface area contributed by atoms with Gasteiger partial charge in [-0.25, -0.2) is 0 Å². The largest absolute Gasteiger partial charge is 0.493 e. The number of likely N-dealkylation sites (tertiary alicyclic amines) is 1. The predicted molar refractivity (Wildman–Crippen MR) is 78.2 cm³/mol. The highest BCUT2D eigenvalue weighted by molar-refractivity contribution is 5.78. The molecule has 1 amide bonds. The third-order valence-corrected chi connectivity index (χ3v) is 4.03. The molecule has 1 aromatic rings. The van der Waals surface area contributed by atoms with Gasteiger partial charge in [-0.3, -0.25) is 9.59 Å². The van der Waals surface area contributed by atoms with E-state index in [1.54, 1.807) is 11.8 Å². The van der Waals surface area contributed by atoms with E-state index in [0.717, 1.165) is 11.3 Å². The van der Waals surface area contributed by atoms with Crippen LogP contribution in [-0.2, 0) is 9.59 Å². The van der Waals surface area contributed by atoms with Crippen molar-refractivity contribution in [1.29, 1.82) is 0 Å². The molecule has 1 aromatic carbocycles. The van der Waals surface area contributed by atoms with Gasteiger partial charge in [-0.2, -0.15) is 0 Å². The van der Waals surface area contributed by atoms with Crippen molar-refractivity contribution in [2.24, 2.45) is 11.8 Å². The van der Waals surface area contributed by atoms with E-state index in [2.05, 4.69) is 0 Å². The van der Waals surface area contributed by atoms with E-state index < -0.39 is 11.9 Å². The molecule has 1 aliphatic heterocycles. The molecule has 1 unspecified atom stereocenters. The molecule has 1 heterocycles. The first-order valence-corrected chi connectivity index (χ1v) is 7.18. The summed E-state index contributed by atoms with van der Waals surface area (Å²) < 4.78 is 5.60. The van der Waals surface area contributed by atoms with Crippen molar-refractivity contribution >= 4 is 11.9 Å². The van der Waals surface area contributed by atoms with E-state index in [1.165, 1.54) is 0 Å². The Bertz CT molecular complexity index is 523. The number of carbonyl (C=O) groups is 2. The number of para-hydroxylation sites is 1. The van der Waals surface area contributed by atoms with Gasteiger partial charge in [0.2, 0.25) is 5.91 Å². The molecular weight excluding hydrogens is 270 g/mol. The van der Waals surface area contributed by atoms with Gasteiger partial charge >= 0.3 is 5.97 Å². The molecule has 0 radical (unpaired) electrons. The Balaban J connectivity index is 1.70. The second kappa shape index (κ2) is 6.61. The van der Waals surface area contributed by atoms with Crippen LogP contribution in [-0.4, -0.2) is 41.6 Å². The number of carboxylic acid groups (broad SMARTS) is 1. The average Bonchev–Trinajstić information content (AvgIpc) is 2.39. The van der Waals surface area contributed by atoms with E-state index in [9.17, 15) is 9.59 Å². The van der Waals surface area contributed by atoms with Crippen molar-refractivity contribution in [1.82, 2.24) is 4.90 Å². The summed E-state index contributed by atoms with van der Waals surface area (Å²) in [5.41, 5.74) is 1.05. The fourth-order valence-electron chi connectivity index (χ4n) is 2.36. The summed E-state index contributed by atoms with van der Waals surface area (Å²) in [6.07, 6.45) is 0.322. The summed E-state index contributed by atoms with van der Waals surface area (Å²) >= 11 is 0. The fraction of sp³-hybridized carbons (Fsp3) is 0.500. The summed E-state index contributed by atoms with van der Waals surface area (Å²) in [4.78, 5) is 24.5. The highest BCUT2D eigenvalue weighted by atomic mass is 16.5. The molecule has 5 nitrogen and oxygen atoms in total. The number of benzene rings is 1. The van der Waals surface area contributed by atoms with Crippen LogP contribution in [0.15, 0.2) is 24.3 Å². The summed E-state index contributed by atoms with van der Waals surface area (Å²) in [7, 11) is 0. The second-order valence-electron chi connectivity index (χ2n) is 5.55. The predicted octanol–water partition coefficient (Wildman–Crippen LogP) is 1.94. The molecule has 1 saturated heterocycles. The smallest absolute Gasteiger partial charge is 0.306 e. The number of carbonyl (C=O) groups excluding carboxylic acids is 1. The van der Waals surface area contributed by atoms with Gasteiger partial charge in [0.1, 0.15) is 5.75 Å². The van der Waals surface area contributed by atoms with Crippen molar-refractivity contribution < 1.29 is 19.4 Å². The topological polar surface area (TPSA) is 66.8 Å². The van der Waals surface area contributed by atoms with E-state index >= 15 is 0 Å². The maximum absolute atomic E-state index is 11.9. The molecule has 1 fully saturated rings. The molecule has 0 aromatic heterocycles. The normalized spacial score (nSPS) is 16.2. The van der Waals surface area contributed by atoms with Gasteiger partial charge in [-0.1, -0.05) is 25.1 Å². The van der Waals surface area contributed by atoms with Crippen molar-refractivity contribution in [2.45, 2.75) is 20.3 Å². The molecule has 1 atom stereocenters. The third kappa shape index (κ3) is 3.74. The molecular formula is C16H21NO4. The van der Waals surface area contributed by atoms with Crippen molar-refractivity contribution in [3.05, 3.63) is 29.8 Å². The lowest BCUT2D eigenvalue weighted by atomic mass is 9.87. The zero-order chi connectivity index (χ0) is 15.4. The number of nitrogens with zero attached hydrogens (tertiary/aromatic N) is 1. The first kappa shape index (κ1) is 15.4. The van der Waals surface area contributed by atoms with Crippen molar-refractivity contribution in [3.8, 4) is 5.75 Å². The minimum atomic E-state index is -0.796. The Hall–Kier alpha value is -2.04. The Kier molecular flexibility index (Phi) is 4.83. The standard InChI is InChI=1S/C16H21NO4/c1-11-5-3-4-6-14(11)21-8-7-15(18)17-9-13(10-17)12(2)16(19)20/h3-6,12-13H,7-10H2,1-2H3,(H,19,20). The highest BCUT2D eigenvalue weighted by Gasteiger charge is 2.36. The molecule has 1 aliphatic rings. The van der Waals surface area contributed by atoms with Crippen LogP contribution in [0.3, 0.4) is 0 Å². The van der Waals surface area contributed by atoms with Gasteiger partial charge in [0.15, 0.2) is 0 Å². The minimum Gasteiger partial charge on any atom is -0.493 e. The van der Waals surface area contributed by atoms with Gasteiger partial charge in [0, 0.05) is 19.0 Å². The summed E-state index contributed by atoms with van der Waals surface area (Å²) in [6.45, 7) is 5.08. The van der Waals surface area contributed by atoms with Gasteiger partial charge in [-0.15, -0.1) is 0 Å². The Morgan fingerprint density at radius 3 is 2.67 bits per heavy atom. The van der Waals surface area contributed by atoms with E-state index in [4.69, 9.17) is 9.84 Å². The lowest BCUT2D eigenvalue weighted by Crippen LogP contribution is -2.53. The molecule has 0 bridgehead atoms. The van der Waals surface area contributed by atoms with E-state index in [-0.39, 0.29) is 11.8 Å². The molecule has 0 spiro atoms. The first-order chi connectivity index (χ1) is 9.99. The summed E-state index contributed by atoms with van der Waals surface area (Å²) in [5, 5.41) is 8.91. The molecule has 5 heteroatoms. The highest BCUT2D eigenvalue weighted by Crippen LogP contribution is 2.24. The number of carboxylic acids is 1. The number of hydrogen-bond acceptors (Lipinski definition) is 3. The zero-order valence-corrected chi connectivity index (χ0v) is 12.4. The monoisotopic (exact) mass is 291 g/mol. The summed E-state index contributed by atoms with van der Waals surface area (Å²) in [5.74, 6) is -0.292. The molecule has 114 valence electrons. The van der Waals surface area contributed by atoms with Crippen LogP contribution < -0.4 is 4.74 Å². The Morgan fingerprint density at radius 1 is 1.38 bits per heavy atom. The molecule has 1 N–H and O–H groups in total. The van der Waals surface area contributed by atoms with Crippen LogP contribution in [0.25, 0.3) is 0 Å². The molecule has 0 aliphatic carbocycles. The maximum atomic E-state index is 11.9. The average molecular weight is 291 g/mol. The van der Waals surface area contributed by atoms with Crippen LogP contribution in [0.5, 0.6) is 5.75 Å². The van der Waals surface area contributed by atoms with Crippen LogP contribution in [0.4, 0.5) is 0 Å². The molecule has 2 rings (SSSR count). The van der Waals surface area contributed by atoms with Crippen LogP contribution >= 0.6 is 0 Å². The molecule has 21 heavy (non-hydrogen) atoms. The number of aliphatic carboxylic acids is 1. The first-order valence-electron chi connectivity index (χ1n) is 7.18. The minimum absolute atomic E-state index is 0.0254. The Morgan fingerprint density at radius 2 is 2.05 bits per heavy atom. The number of rotatable bonds is 6. The van der Waals surface area contributed by atoms with E-state index in [0.29, 0.717) is 26.1 Å². The number of hydrogen-bond donors (Lipinski definition) is 1. The quantitative estimate of drug-likeness (QED) is 0.870.